The number of hydrogen-bond donors (Lipinski definition) is 1. The molecule has 30 heavy (non-hydrogen) atoms. The molecule has 3 heterocycles. The molecule has 1 aromatic carbocycles. The summed E-state index contributed by atoms with van der Waals surface area (Å²) in [6.45, 7) is 0.745. The van der Waals surface area contributed by atoms with Gasteiger partial charge in [0.1, 0.15) is 0 Å². The molecule has 0 radical (unpaired) electrons. The Hall–Kier alpha value is -2.69. The van der Waals surface area contributed by atoms with Crippen molar-refractivity contribution in [2.75, 3.05) is 19.6 Å². The predicted octanol–water partition coefficient (Wildman–Crippen LogP) is 1.95. The normalized spacial score (nSPS) is 18.5. The fraction of sp³-hybridized carbons (Fsp3) is 0.421. The average molecular weight is 442 g/mol. The molecule has 160 valence electrons. The van der Waals surface area contributed by atoms with Crippen LogP contribution in [0, 0.1) is 28.0 Å². The summed E-state index contributed by atoms with van der Waals surface area (Å²) in [7, 11) is 1.68. The fourth-order valence-corrected chi connectivity index (χ4v) is 4.46. The maximum absolute atomic E-state index is 14.3. The molecule has 0 saturated carbocycles. The first-order valence-corrected chi connectivity index (χ1v) is 9.74. The molecule has 0 bridgehead atoms. The number of carbonyl (C=O) groups excluding carboxylic acids is 2. The lowest BCUT2D eigenvalue weighted by Crippen LogP contribution is -2.50. The number of halogens is 4. The Bertz CT molecular complexity index is 1100. The van der Waals surface area contributed by atoms with Crippen LogP contribution in [-0.2, 0) is 36.0 Å². The molecule has 0 spiro atoms. The maximum atomic E-state index is 14.3. The monoisotopic (exact) mass is 442 g/mol. The van der Waals surface area contributed by atoms with Gasteiger partial charge in [-0.1, -0.05) is 0 Å². The average Bonchev–Trinajstić information content (AvgIpc) is 3.21. The van der Waals surface area contributed by atoms with Gasteiger partial charge in [0.15, 0.2) is 28.0 Å². The van der Waals surface area contributed by atoms with Crippen LogP contribution in [0.15, 0.2) is 6.07 Å². The van der Waals surface area contributed by atoms with E-state index in [1.54, 1.807) is 16.2 Å². The Morgan fingerprint density at radius 1 is 1.23 bits per heavy atom. The van der Waals surface area contributed by atoms with Gasteiger partial charge in [-0.25, -0.2) is 17.6 Å². The number of piperazine rings is 1. The van der Waals surface area contributed by atoms with Crippen LogP contribution in [-0.4, -0.2) is 45.5 Å². The maximum Gasteiger partial charge on any atom is 0.239 e. The van der Waals surface area contributed by atoms with Gasteiger partial charge in [-0.15, -0.1) is 0 Å². The van der Waals surface area contributed by atoms with Crippen molar-refractivity contribution in [3.63, 3.8) is 0 Å². The molecule has 6 nitrogen and oxygen atoms in total. The lowest BCUT2D eigenvalue weighted by Gasteiger charge is -2.26. The molecule has 1 atom stereocenters. The van der Waals surface area contributed by atoms with Gasteiger partial charge in [0.2, 0.25) is 11.8 Å². The minimum Gasteiger partial charge on any atom is -0.353 e. The highest BCUT2D eigenvalue weighted by Crippen LogP contribution is 2.36. The van der Waals surface area contributed by atoms with Crippen LogP contribution < -0.4 is 5.32 Å². The van der Waals surface area contributed by atoms with Crippen LogP contribution in [0.25, 0.3) is 0 Å². The summed E-state index contributed by atoms with van der Waals surface area (Å²) in [4.78, 5) is 25.7. The number of nitrogens with zero attached hydrogens (tertiary/aromatic N) is 3. The molecular weight excluding hydrogens is 424 g/mol. The summed E-state index contributed by atoms with van der Waals surface area (Å²) in [5.74, 6) is -7.13. The number of amides is 2. The lowest BCUT2D eigenvalue weighted by atomic mass is 9.94. The van der Waals surface area contributed by atoms with E-state index in [-0.39, 0.29) is 43.8 Å². The highest BCUT2D eigenvalue weighted by atomic mass is 32.1. The summed E-state index contributed by atoms with van der Waals surface area (Å²) in [5.41, 5.74) is 0.486. The first-order valence-electron chi connectivity index (χ1n) is 9.33. The molecule has 2 amide bonds. The van der Waals surface area contributed by atoms with Crippen LogP contribution in [0.2, 0.25) is 0 Å². The number of aromatic nitrogens is 2. The van der Waals surface area contributed by atoms with Crippen LogP contribution in [0.5, 0.6) is 0 Å². The van der Waals surface area contributed by atoms with E-state index in [9.17, 15) is 27.2 Å². The van der Waals surface area contributed by atoms with E-state index >= 15 is 0 Å². The number of hydrogen-bond acceptors (Lipinski definition) is 3. The molecule has 0 aliphatic carbocycles. The summed E-state index contributed by atoms with van der Waals surface area (Å²) < 4.78 is 59.5. The minimum atomic E-state index is -1.46. The number of benzene rings is 1. The van der Waals surface area contributed by atoms with Crippen molar-refractivity contribution in [1.82, 2.24) is 19.4 Å². The van der Waals surface area contributed by atoms with E-state index in [2.05, 4.69) is 5.32 Å². The Labute approximate surface area is 174 Å². The molecule has 1 fully saturated rings. The van der Waals surface area contributed by atoms with Gasteiger partial charge < -0.3 is 19.4 Å². The predicted molar refractivity (Wildman–Crippen MR) is 100 cm³/mol. The summed E-state index contributed by atoms with van der Waals surface area (Å²) in [6.07, 6.45) is 0.0231. The molecule has 2 aromatic rings. The van der Waals surface area contributed by atoms with Crippen molar-refractivity contribution in [3.05, 3.63) is 51.1 Å². The number of nitrogens with one attached hydrogen (secondary N) is 1. The molecule has 1 aromatic heterocycles. The molecule has 11 heteroatoms. The van der Waals surface area contributed by atoms with Crippen molar-refractivity contribution in [3.8, 4) is 0 Å². The van der Waals surface area contributed by atoms with Gasteiger partial charge in [0.05, 0.1) is 13.0 Å². The summed E-state index contributed by atoms with van der Waals surface area (Å²) in [6, 6.07) is 0.181. The molecule has 2 aliphatic heterocycles. The standard InChI is InChI=1S/C19H18F4N4O2S/c1-25-12(6-15(29)26-3-2-24-14(28)8-26)13-4-9(7-27(13)19(25)30)16-17(22)10(20)5-11(21)18(16)23/h5,9H,2-4,6-8H2,1H3,(H,24,28)/t9-/m0/s1. The number of carbonyl (C=O) groups is 2. The first kappa shape index (κ1) is 20.6. The zero-order valence-electron chi connectivity index (χ0n) is 16.0. The highest BCUT2D eigenvalue weighted by Gasteiger charge is 2.35. The molecule has 4 rings (SSSR count). The quantitative estimate of drug-likeness (QED) is 0.449. The summed E-state index contributed by atoms with van der Waals surface area (Å²) >= 11 is 5.39. The van der Waals surface area contributed by atoms with Gasteiger partial charge in [-0.3, -0.25) is 9.59 Å². The van der Waals surface area contributed by atoms with Crippen molar-refractivity contribution in [2.45, 2.75) is 25.3 Å². The van der Waals surface area contributed by atoms with E-state index in [0.29, 0.717) is 29.2 Å². The van der Waals surface area contributed by atoms with Gasteiger partial charge in [-0.05, 0) is 18.6 Å². The molecule has 1 saturated heterocycles. The molecule has 2 aliphatic rings. The zero-order valence-corrected chi connectivity index (χ0v) is 16.8. The van der Waals surface area contributed by atoms with Gasteiger partial charge in [0, 0.05) is 55.6 Å². The van der Waals surface area contributed by atoms with Crippen LogP contribution >= 0.6 is 12.2 Å². The Balaban J connectivity index is 1.65. The number of imidazole rings is 1. The fourth-order valence-electron chi connectivity index (χ4n) is 4.17. The van der Waals surface area contributed by atoms with Crippen LogP contribution in [0.3, 0.4) is 0 Å². The molecule has 1 N–H and O–H groups in total. The van der Waals surface area contributed by atoms with Crippen molar-refractivity contribution in [2.24, 2.45) is 7.05 Å². The highest BCUT2D eigenvalue weighted by molar-refractivity contribution is 7.71. The van der Waals surface area contributed by atoms with Crippen molar-refractivity contribution < 1.29 is 27.2 Å². The number of fused-ring (bicyclic) bond motifs is 1. The largest absolute Gasteiger partial charge is 0.353 e. The van der Waals surface area contributed by atoms with Gasteiger partial charge in [0.25, 0.3) is 0 Å². The lowest BCUT2D eigenvalue weighted by molar-refractivity contribution is -0.137. The second-order valence-corrected chi connectivity index (χ2v) is 7.84. The van der Waals surface area contributed by atoms with E-state index in [0.717, 1.165) is 0 Å². The summed E-state index contributed by atoms with van der Waals surface area (Å²) in [5, 5.41) is 2.64. The van der Waals surface area contributed by atoms with Gasteiger partial charge >= 0.3 is 0 Å². The SMILES string of the molecule is Cn1c(CC(=O)N2CCNC(=O)C2)c2n(c1=S)C[C@@H](c1c(F)c(F)cc(F)c1F)C2. The van der Waals surface area contributed by atoms with Crippen LogP contribution in [0.1, 0.15) is 22.9 Å². The third-order valence-corrected chi connectivity index (χ3v) is 6.18. The third-order valence-electron chi connectivity index (χ3n) is 5.69. The molecular formula is C19H18F4N4O2S. The molecule has 0 unspecified atom stereocenters. The third kappa shape index (κ3) is 3.30. The van der Waals surface area contributed by atoms with Crippen molar-refractivity contribution >= 4 is 24.0 Å². The second kappa shape index (κ2) is 7.53. The van der Waals surface area contributed by atoms with Crippen LogP contribution in [0.4, 0.5) is 17.6 Å². The zero-order chi connectivity index (χ0) is 21.7. The van der Waals surface area contributed by atoms with Crippen molar-refractivity contribution in [1.29, 1.82) is 0 Å². The smallest absolute Gasteiger partial charge is 0.239 e. The Morgan fingerprint density at radius 3 is 2.53 bits per heavy atom. The van der Waals surface area contributed by atoms with E-state index in [1.807, 2.05) is 0 Å². The first-order chi connectivity index (χ1) is 14.2. The Morgan fingerprint density at radius 2 is 1.90 bits per heavy atom. The number of rotatable bonds is 3. The van der Waals surface area contributed by atoms with E-state index in [1.165, 1.54) is 4.90 Å². The van der Waals surface area contributed by atoms with E-state index in [4.69, 9.17) is 12.2 Å². The minimum absolute atomic E-state index is 0.0407. The second-order valence-electron chi connectivity index (χ2n) is 7.47. The van der Waals surface area contributed by atoms with Gasteiger partial charge in [-0.2, -0.15) is 0 Å². The topological polar surface area (TPSA) is 59.3 Å². The Kier molecular flexibility index (Phi) is 5.16. The van der Waals surface area contributed by atoms with E-state index < -0.39 is 34.8 Å².